The predicted molar refractivity (Wildman–Crippen MR) is 113 cm³/mol. The summed E-state index contributed by atoms with van der Waals surface area (Å²) in [5.74, 6) is 1.05. The first-order valence-corrected chi connectivity index (χ1v) is 10.9. The number of nitrogens with zero attached hydrogens (tertiary/aromatic N) is 4. The second kappa shape index (κ2) is 8.49. The van der Waals surface area contributed by atoms with Crippen molar-refractivity contribution >= 4 is 22.9 Å². The zero-order chi connectivity index (χ0) is 19.5. The van der Waals surface area contributed by atoms with Crippen molar-refractivity contribution in [3.63, 3.8) is 0 Å². The average Bonchev–Trinajstić information content (AvgIpc) is 3.19. The number of benzene rings is 1. The number of likely N-dealkylation sites (tertiary alicyclic amines) is 1. The fourth-order valence-electron chi connectivity index (χ4n) is 4.23. The van der Waals surface area contributed by atoms with E-state index in [1.165, 1.54) is 23.4 Å². The van der Waals surface area contributed by atoms with Gasteiger partial charge in [0.25, 0.3) is 5.91 Å². The minimum absolute atomic E-state index is 0.154. The Morgan fingerprint density at radius 2 is 1.89 bits per heavy atom. The molecule has 0 N–H and O–H groups in total. The maximum absolute atomic E-state index is 12.9. The fraction of sp³-hybridized carbons (Fsp3) is 0.524. The van der Waals surface area contributed by atoms with Crippen LogP contribution in [0, 0.1) is 6.92 Å². The Morgan fingerprint density at radius 3 is 2.54 bits per heavy atom. The number of piperidine rings is 1. The van der Waals surface area contributed by atoms with E-state index in [4.69, 9.17) is 4.74 Å². The largest absolute Gasteiger partial charge is 0.497 e. The molecular weight excluding hydrogens is 372 g/mol. The third kappa shape index (κ3) is 4.00. The van der Waals surface area contributed by atoms with E-state index in [1.807, 2.05) is 24.0 Å². The Hall–Kier alpha value is -2.12. The molecule has 0 bridgehead atoms. The first-order chi connectivity index (χ1) is 13.7. The Labute approximate surface area is 170 Å². The van der Waals surface area contributed by atoms with E-state index in [0.717, 1.165) is 62.0 Å². The van der Waals surface area contributed by atoms with Crippen LogP contribution < -0.4 is 9.64 Å². The summed E-state index contributed by atoms with van der Waals surface area (Å²) in [4.78, 5) is 24.9. The number of ether oxygens (including phenoxy) is 1. The van der Waals surface area contributed by atoms with Crippen molar-refractivity contribution in [2.24, 2.45) is 0 Å². The fourth-order valence-corrected chi connectivity index (χ4v) is 5.00. The van der Waals surface area contributed by atoms with E-state index in [1.54, 1.807) is 12.6 Å². The average molecular weight is 401 g/mol. The molecule has 2 aliphatic heterocycles. The zero-order valence-corrected chi connectivity index (χ0v) is 17.5. The molecule has 1 aromatic heterocycles. The molecule has 3 heterocycles. The summed E-state index contributed by atoms with van der Waals surface area (Å²) in [6.07, 6.45) is 2.25. The van der Waals surface area contributed by atoms with Crippen LogP contribution in [-0.4, -0.2) is 73.1 Å². The predicted octanol–water partition coefficient (Wildman–Crippen LogP) is 2.89. The maximum atomic E-state index is 12.9. The van der Waals surface area contributed by atoms with Crippen LogP contribution in [-0.2, 0) is 0 Å². The number of thiazole rings is 1. The quantitative estimate of drug-likeness (QED) is 0.790. The van der Waals surface area contributed by atoms with E-state index >= 15 is 0 Å². The first kappa shape index (κ1) is 19.2. The molecule has 0 aliphatic carbocycles. The summed E-state index contributed by atoms with van der Waals surface area (Å²) < 4.78 is 5.25. The van der Waals surface area contributed by atoms with E-state index < -0.39 is 0 Å². The number of carbonyl (C=O) groups is 1. The van der Waals surface area contributed by atoms with Crippen molar-refractivity contribution in [2.75, 3.05) is 51.3 Å². The van der Waals surface area contributed by atoms with Gasteiger partial charge in [-0.05, 0) is 44.0 Å². The van der Waals surface area contributed by atoms with Crippen LogP contribution in [0.4, 0.5) is 5.69 Å². The normalized spacial score (nSPS) is 21.0. The summed E-state index contributed by atoms with van der Waals surface area (Å²) >= 11 is 1.46. The van der Waals surface area contributed by atoms with Gasteiger partial charge in [0.1, 0.15) is 10.6 Å². The van der Waals surface area contributed by atoms with Crippen LogP contribution in [0.3, 0.4) is 0 Å². The Morgan fingerprint density at radius 1 is 1.14 bits per heavy atom. The number of amides is 1. The zero-order valence-electron chi connectivity index (χ0n) is 16.6. The molecule has 2 fully saturated rings. The molecule has 7 heteroatoms. The molecule has 0 spiro atoms. The number of hydrogen-bond acceptors (Lipinski definition) is 6. The number of hydrogen-bond donors (Lipinski definition) is 0. The van der Waals surface area contributed by atoms with Gasteiger partial charge in [-0.2, -0.15) is 0 Å². The Balaban J connectivity index is 1.34. The smallest absolute Gasteiger partial charge is 0.265 e. The molecule has 150 valence electrons. The van der Waals surface area contributed by atoms with Crippen LogP contribution >= 0.6 is 11.3 Å². The molecule has 6 nitrogen and oxygen atoms in total. The van der Waals surface area contributed by atoms with Gasteiger partial charge < -0.3 is 14.5 Å². The van der Waals surface area contributed by atoms with Gasteiger partial charge in [-0.1, -0.05) is 0 Å². The molecule has 1 atom stereocenters. The van der Waals surface area contributed by atoms with Gasteiger partial charge >= 0.3 is 0 Å². The number of aryl methyl sites for hydroxylation is 1. The second-order valence-electron chi connectivity index (χ2n) is 7.54. The summed E-state index contributed by atoms with van der Waals surface area (Å²) in [6.45, 7) is 7.73. The van der Waals surface area contributed by atoms with Crippen molar-refractivity contribution in [1.82, 2.24) is 14.8 Å². The van der Waals surface area contributed by atoms with Crippen LogP contribution in [0.2, 0.25) is 0 Å². The number of anilines is 1. The van der Waals surface area contributed by atoms with Gasteiger partial charge in [0, 0.05) is 51.0 Å². The van der Waals surface area contributed by atoms with Crippen molar-refractivity contribution in [2.45, 2.75) is 25.8 Å². The lowest BCUT2D eigenvalue weighted by atomic mass is 10.0. The molecule has 1 unspecified atom stereocenters. The monoisotopic (exact) mass is 400 g/mol. The third-order valence-electron chi connectivity index (χ3n) is 5.89. The first-order valence-electron chi connectivity index (χ1n) is 9.98. The summed E-state index contributed by atoms with van der Waals surface area (Å²) in [5.41, 5.74) is 3.87. The van der Waals surface area contributed by atoms with Gasteiger partial charge in [0.05, 0.1) is 18.3 Å². The SMILES string of the molecule is COc1ccc(N2CCN(C3CCCN(C(=O)c4scnc4C)C3)CC2)cc1. The number of carbonyl (C=O) groups excluding carboxylic acids is 1. The third-order valence-corrected chi connectivity index (χ3v) is 6.81. The van der Waals surface area contributed by atoms with E-state index in [9.17, 15) is 4.79 Å². The van der Waals surface area contributed by atoms with Crippen molar-refractivity contribution in [3.8, 4) is 5.75 Å². The number of piperazine rings is 1. The summed E-state index contributed by atoms with van der Waals surface area (Å²) in [6, 6.07) is 8.77. The minimum Gasteiger partial charge on any atom is -0.497 e. The van der Waals surface area contributed by atoms with Gasteiger partial charge in [-0.15, -0.1) is 11.3 Å². The van der Waals surface area contributed by atoms with Crippen molar-refractivity contribution in [1.29, 1.82) is 0 Å². The Bertz CT molecular complexity index is 799. The van der Waals surface area contributed by atoms with Crippen LogP contribution in [0.1, 0.15) is 28.2 Å². The molecule has 0 radical (unpaired) electrons. The number of rotatable bonds is 4. The molecule has 4 rings (SSSR count). The lowest BCUT2D eigenvalue weighted by Crippen LogP contribution is -2.55. The van der Waals surface area contributed by atoms with Crippen molar-refractivity contribution < 1.29 is 9.53 Å². The van der Waals surface area contributed by atoms with Crippen LogP contribution in [0.15, 0.2) is 29.8 Å². The van der Waals surface area contributed by atoms with Crippen LogP contribution in [0.5, 0.6) is 5.75 Å². The molecule has 2 aromatic rings. The second-order valence-corrected chi connectivity index (χ2v) is 8.39. The van der Waals surface area contributed by atoms with Gasteiger partial charge in [-0.25, -0.2) is 4.98 Å². The molecule has 28 heavy (non-hydrogen) atoms. The van der Waals surface area contributed by atoms with Gasteiger partial charge in [0.2, 0.25) is 0 Å². The minimum atomic E-state index is 0.154. The molecule has 1 amide bonds. The van der Waals surface area contributed by atoms with E-state index in [2.05, 4.69) is 26.9 Å². The highest BCUT2D eigenvalue weighted by molar-refractivity contribution is 7.11. The lowest BCUT2D eigenvalue weighted by molar-refractivity contribution is 0.0567. The standard InChI is InChI=1S/C21H28N4O2S/c1-16-20(28-15-22-16)21(26)25-9-3-4-18(14-25)24-12-10-23(11-13-24)17-5-7-19(27-2)8-6-17/h5-8,15,18H,3-4,9-14H2,1-2H3. The van der Waals surface area contributed by atoms with E-state index in [-0.39, 0.29) is 5.91 Å². The van der Waals surface area contributed by atoms with Crippen molar-refractivity contribution in [3.05, 3.63) is 40.3 Å². The lowest BCUT2D eigenvalue weighted by Gasteiger charge is -2.44. The van der Waals surface area contributed by atoms with Gasteiger partial charge in [-0.3, -0.25) is 9.69 Å². The molecule has 2 aliphatic rings. The highest BCUT2D eigenvalue weighted by Crippen LogP contribution is 2.24. The number of aromatic nitrogens is 1. The summed E-state index contributed by atoms with van der Waals surface area (Å²) in [7, 11) is 1.70. The molecule has 0 saturated carbocycles. The highest BCUT2D eigenvalue weighted by atomic mass is 32.1. The Kier molecular flexibility index (Phi) is 5.82. The number of methoxy groups -OCH3 is 1. The van der Waals surface area contributed by atoms with Gasteiger partial charge in [0.15, 0.2) is 0 Å². The highest BCUT2D eigenvalue weighted by Gasteiger charge is 2.31. The molecule has 2 saturated heterocycles. The van der Waals surface area contributed by atoms with E-state index in [0.29, 0.717) is 6.04 Å². The topological polar surface area (TPSA) is 48.9 Å². The molecule has 1 aromatic carbocycles. The summed E-state index contributed by atoms with van der Waals surface area (Å²) in [5, 5.41) is 0. The maximum Gasteiger partial charge on any atom is 0.265 e. The van der Waals surface area contributed by atoms with Crippen LogP contribution in [0.25, 0.3) is 0 Å². The molecular formula is C21H28N4O2S.